The SMILES string of the molecule is O=C(NCCCCCO)c1csnn1. The van der Waals surface area contributed by atoms with Crippen molar-refractivity contribution in [3.8, 4) is 0 Å². The van der Waals surface area contributed by atoms with E-state index in [1.165, 1.54) is 0 Å². The van der Waals surface area contributed by atoms with Gasteiger partial charge >= 0.3 is 0 Å². The van der Waals surface area contributed by atoms with E-state index in [-0.39, 0.29) is 12.5 Å². The maximum Gasteiger partial charge on any atom is 0.272 e. The van der Waals surface area contributed by atoms with Crippen LogP contribution in [-0.4, -0.2) is 33.8 Å². The van der Waals surface area contributed by atoms with Gasteiger partial charge in [0.1, 0.15) is 0 Å². The second-order valence-electron chi connectivity index (χ2n) is 2.83. The second-order valence-corrected chi connectivity index (χ2v) is 3.44. The summed E-state index contributed by atoms with van der Waals surface area (Å²) in [5.74, 6) is -0.178. The summed E-state index contributed by atoms with van der Waals surface area (Å²) in [4.78, 5) is 11.3. The molecule has 0 saturated carbocycles. The topological polar surface area (TPSA) is 75.1 Å². The summed E-state index contributed by atoms with van der Waals surface area (Å²) in [5.41, 5.74) is 0.372. The second kappa shape index (κ2) is 6.44. The monoisotopic (exact) mass is 215 g/mol. The van der Waals surface area contributed by atoms with Crippen LogP contribution in [-0.2, 0) is 0 Å². The van der Waals surface area contributed by atoms with Gasteiger partial charge in [-0.2, -0.15) is 0 Å². The Kier molecular flexibility index (Phi) is 5.09. The predicted octanol–water partition coefficient (Wildman–Crippen LogP) is 0.430. The Labute approximate surface area is 86.3 Å². The zero-order chi connectivity index (χ0) is 10.2. The van der Waals surface area contributed by atoms with Crippen LogP contribution in [0.25, 0.3) is 0 Å². The maximum atomic E-state index is 11.3. The number of rotatable bonds is 6. The van der Waals surface area contributed by atoms with Gasteiger partial charge in [0.25, 0.3) is 5.91 Å². The summed E-state index contributed by atoms with van der Waals surface area (Å²) in [6, 6.07) is 0. The Bertz CT molecular complexity index is 264. The van der Waals surface area contributed by atoms with Gasteiger partial charge in [0.05, 0.1) is 0 Å². The highest BCUT2D eigenvalue weighted by Gasteiger charge is 2.06. The van der Waals surface area contributed by atoms with E-state index < -0.39 is 0 Å². The van der Waals surface area contributed by atoms with Crippen LogP contribution in [0.15, 0.2) is 5.38 Å². The summed E-state index contributed by atoms with van der Waals surface area (Å²) in [6.07, 6.45) is 2.59. The molecule has 0 fully saturated rings. The molecule has 1 aromatic heterocycles. The predicted molar refractivity (Wildman–Crippen MR) is 53.2 cm³/mol. The van der Waals surface area contributed by atoms with Crippen molar-refractivity contribution >= 4 is 17.4 Å². The van der Waals surface area contributed by atoms with Crippen LogP contribution in [0.3, 0.4) is 0 Å². The number of aliphatic hydroxyl groups excluding tert-OH is 1. The molecule has 0 atom stereocenters. The lowest BCUT2D eigenvalue weighted by molar-refractivity contribution is 0.0948. The number of amides is 1. The van der Waals surface area contributed by atoms with Crippen molar-refractivity contribution in [3.63, 3.8) is 0 Å². The molecule has 0 aliphatic heterocycles. The lowest BCUT2D eigenvalue weighted by atomic mass is 10.2. The van der Waals surface area contributed by atoms with E-state index in [1.54, 1.807) is 5.38 Å². The van der Waals surface area contributed by atoms with Crippen LogP contribution in [0.1, 0.15) is 29.8 Å². The molecule has 78 valence electrons. The van der Waals surface area contributed by atoms with Crippen LogP contribution in [0.2, 0.25) is 0 Å². The minimum atomic E-state index is -0.178. The first kappa shape index (κ1) is 11.1. The summed E-state index contributed by atoms with van der Waals surface area (Å²) >= 11 is 1.16. The van der Waals surface area contributed by atoms with Gasteiger partial charge in [-0.15, -0.1) is 5.10 Å². The largest absolute Gasteiger partial charge is 0.396 e. The number of carbonyl (C=O) groups is 1. The van der Waals surface area contributed by atoms with E-state index in [4.69, 9.17) is 5.11 Å². The first-order valence-corrected chi connectivity index (χ1v) is 5.34. The van der Waals surface area contributed by atoms with Gasteiger partial charge < -0.3 is 10.4 Å². The molecule has 0 saturated heterocycles. The average molecular weight is 215 g/mol. The maximum absolute atomic E-state index is 11.3. The third-order valence-electron chi connectivity index (χ3n) is 1.71. The number of nitrogens with zero attached hydrogens (tertiary/aromatic N) is 2. The van der Waals surface area contributed by atoms with Crippen molar-refractivity contribution in [3.05, 3.63) is 11.1 Å². The van der Waals surface area contributed by atoms with E-state index in [0.29, 0.717) is 12.2 Å². The van der Waals surface area contributed by atoms with Crippen molar-refractivity contribution in [2.45, 2.75) is 19.3 Å². The Morgan fingerprint density at radius 2 is 2.36 bits per heavy atom. The molecule has 1 aromatic rings. The zero-order valence-electron chi connectivity index (χ0n) is 7.77. The Balaban J connectivity index is 2.10. The third kappa shape index (κ3) is 3.80. The van der Waals surface area contributed by atoms with E-state index in [1.807, 2.05) is 0 Å². The first-order chi connectivity index (χ1) is 6.84. The average Bonchev–Trinajstić information content (AvgIpc) is 2.70. The van der Waals surface area contributed by atoms with E-state index in [2.05, 4.69) is 14.9 Å². The molecule has 2 N–H and O–H groups in total. The van der Waals surface area contributed by atoms with Crippen LogP contribution in [0, 0.1) is 0 Å². The molecule has 1 amide bonds. The summed E-state index contributed by atoms with van der Waals surface area (Å²) in [6.45, 7) is 0.834. The van der Waals surface area contributed by atoms with Crippen molar-refractivity contribution < 1.29 is 9.90 Å². The van der Waals surface area contributed by atoms with E-state index >= 15 is 0 Å². The Morgan fingerprint density at radius 1 is 1.50 bits per heavy atom. The lowest BCUT2D eigenvalue weighted by Crippen LogP contribution is -2.24. The van der Waals surface area contributed by atoms with E-state index in [9.17, 15) is 4.79 Å². The molecule has 0 bridgehead atoms. The number of carbonyl (C=O) groups excluding carboxylic acids is 1. The molecule has 6 heteroatoms. The first-order valence-electron chi connectivity index (χ1n) is 4.50. The highest BCUT2D eigenvalue weighted by Crippen LogP contribution is 1.97. The van der Waals surface area contributed by atoms with Crippen LogP contribution >= 0.6 is 11.5 Å². The molecule has 5 nitrogen and oxygen atoms in total. The fraction of sp³-hybridized carbons (Fsp3) is 0.625. The van der Waals surface area contributed by atoms with Gasteiger partial charge in [0.15, 0.2) is 5.69 Å². The lowest BCUT2D eigenvalue weighted by Gasteiger charge is -2.01. The molecule has 0 aliphatic rings. The smallest absolute Gasteiger partial charge is 0.272 e. The number of unbranched alkanes of at least 4 members (excludes halogenated alkanes) is 2. The molecule has 0 spiro atoms. The highest BCUT2D eigenvalue weighted by molar-refractivity contribution is 7.03. The molecule has 1 rings (SSSR count). The quantitative estimate of drug-likeness (QED) is 0.675. The van der Waals surface area contributed by atoms with Gasteiger partial charge in [-0.3, -0.25) is 4.79 Å². The molecule has 14 heavy (non-hydrogen) atoms. The van der Waals surface area contributed by atoms with Gasteiger partial charge in [-0.05, 0) is 30.8 Å². The fourth-order valence-electron chi connectivity index (χ4n) is 0.970. The van der Waals surface area contributed by atoms with E-state index in [0.717, 1.165) is 30.8 Å². The van der Waals surface area contributed by atoms with Gasteiger partial charge in [0.2, 0.25) is 0 Å². The van der Waals surface area contributed by atoms with Gasteiger partial charge in [-0.25, -0.2) is 0 Å². The van der Waals surface area contributed by atoms with Gasteiger partial charge in [-0.1, -0.05) is 4.49 Å². The normalized spacial score (nSPS) is 10.1. The van der Waals surface area contributed by atoms with Crippen LogP contribution in [0.4, 0.5) is 0 Å². The Hall–Kier alpha value is -1.01. The minimum Gasteiger partial charge on any atom is -0.396 e. The minimum absolute atomic E-state index is 0.178. The van der Waals surface area contributed by atoms with Crippen molar-refractivity contribution in [2.24, 2.45) is 0 Å². The number of hydrogen-bond acceptors (Lipinski definition) is 5. The summed E-state index contributed by atoms with van der Waals surface area (Å²) in [7, 11) is 0. The molecule has 0 aliphatic carbocycles. The molecule has 0 unspecified atom stereocenters. The molecule has 1 heterocycles. The summed E-state index contributed by atoms with van der Waals surface area (Å²) < 4.78 is 3.60. The number of aliphatic hydroxyl groups is 1. The number of nitrogens with one attached hydrogen (secondary N) is 1. The van der Waals surface area contributed by atoms with Crippen LogP contribution < -0.4 is 5.32 Å². The highest BCUT2D eigenvalue weighted by atomic mass is 32.1. The van der Waals surface area contributed by atoms with Gasteiger partial charge in [0, 0.05) is 18.5 Å². The summed E-state index contributed by atoms with van der Waals surface area (Å²) in [5, 5.41) is 16.5. The number of hydrogen-bond donors (Lipinski definition) is 2. The van der Waals surface area contributed by atoms with Crippen LogP contribution in [0.5, 0.6) is 0 Å². The number of aromatic nitrogens is 2. The van der Waals surface area contributed by atoms with Crippen molar-refractivity contribution in [1.29, 1.82) is 0 Å². The standard InChI is InChI=1S/C8H13N3O2S/c12-5-3-1-2-4-9-8(13)7-6-14-11-10-7/h6,12H,1-5H2,(H,9,13). The third-order valence-corrected chi connectivity index (χ3v) is 2.22. The molecular formula is C8H13N3O2S. The molecular weight excluding hydrogens is 202 g/mol. The fourth-order valence-corrected chi connectivity index (χ4v) is 1.41. The molecule has 0 radical (unpaired) electrons. The van der Waals surface area contributed by atoms with Crippen molar-refractivity contribution in [1.82, 2.24) is 14.9 Å². The molecule has 0 aromatic carbocycles. The zero-order valence-corrected chi connectivity index (χ0v) is 8.59. The van der Waals surface area contributed by atoms with Crippen molar-refractivity contribution in [2.75, 3.05) is 13.2 Å². The Morgan fingerprint density at radius 3 is 3.00 bits per heavy atom.